The molecule has 0 fully saturated rings. The summed E-state index contributed by atoms with van der Waals surface area (Å²) in [5.41, 5.74) is 0.419. The number of benzene rings is 1. The van der Waals surface area contributed by atoms with Crippen LogP contribution in [0.2, 0.25) is 5.02 Å². The van der Waals surface area contributed by atoms with Crippen LogP contribution in [0.15, 0.2) is 24.3 Å². The highest BCUT2D eigenvalue weighted by molar-refractivity contribution is 6.30. The third-order valence-electron chi connectivity index (χ3n) is 2.79. The van der Waals surface area contributed by atoms with Crippen molar-refractivity contribution in [1.82, 2.24) is 10.6 Å². The number of carbonyl (C=O) groups is 1. The molecule has 17 heavy (non-hydrogen) atoms. The van der Waals surface area contributed by atoms with E-state index in [1.54, 1.807) is 12.1 Å². The molecule has 2 N–H and O–H groups in total. The molecule has 0 aromatic heterocycles. The summed E-state index contributed by atoms with van der Waals surface area (Å²) < 4.78 is 0. The summed E-state index contributed by atoms with van der Waals surface area (Å²) in [5.74, 6) is 0.0232. The van der Waals surface area contributed by atoms with Gasteiger partial charge in [0.1, 0.15) is 0 Å². The number of hydrogen-bond acceptors (Lipinski definition) is 2. The van der Waals surface area contributed by atoms with Crippen molar-refractivity contribution in [3.63, 3.8) is 0 Å². The van der Waals surface area contributed by atoms with Crippen molar-refractivity contribution in [3.05, 3.63) is 34.9 Å². The fourth-order valence-corrected chi connectivity index (χ4v) is 1.65. The van der Waals surface area contributed by atoms with Crippen LogP contribution in [0.4, 0.5) is 0 Å². The van der Waals surface area contributed by atoms with E-state index in [-0.39, 0.29) is 5.91 Å². The van der Waals surface area contributed by atoms with Gasteiger partial charge in [-0.2, -0.15) is 0 Å². The Morgan fingerprint density at radius 3 is 2.35 bits per heavy atom. The van der Waals surface area contributed by atoms with Gasteiger partial charge < -0.3 is 10.6 Å². The summed E-state index contributed by atoms with van der Waals surface area (Å²) in [6.07, 6.45) is 0. The summed E-state index contributed by atoms with van der Waals surface area (Å²) in [6.45, 7) is 5.21. The van der Waals surface area contributed by atoms with E-state index in [4.69, 9.17) is 11.6 Å². The number of amides is 1. The highest BCUT2D eigenvalue weighted by Gasteiger charge is 2.29. The molecule has 4 heteroatoms. The summed E-state index contributed by atoms with van der Waals surface area (Å²) >= 11 is 5.83. The van der Waals surface area contributed by atoms with Crippen molar-refractivity contribution in [2.24, 2.45) is 0 Å². The number of halogens is 1. The number of rotatable bonds is 5. The van der Waals surface area contributed by atoms with Crippen LogP contribution in [0, 0.1) is 0 Å². The first kappa shape index (κ1) is 14.0. The van der Waals surface area contributed by atoms with Crippen LogP contribution in [0.25, 0.3) is 0 Å². The van der Waals surface area contributed by atoms with Crippen LogP contribution < -0.4 is 10.6 Å². The minimum Gasteiger partial charge on any atom is -0.354 e. The predicted octanol–water partition coefficient (Wildman–Crippen LogP) is 1.95. The van der Waals surface area contributed by atoms with Crippen molar-refractivity contribution in [2.45, 2.75) is 19.3 Å². The van der Waals surface area contributed by atoms with E-state index in [0.29, 0.717) is 11.6 Å². The fourth-order valence-electron chi connectivity index (χ4n) is 1.52. The molecule has 0 aliphatic rings. The van der Waals surface area contributed by atoms with E-state index in [1.807, 2.05) is 33.0 Å². The van der Waals surface area contributed by atoms with Gasteiger partial charge in [-0.1, -0.05) is 23.7 Å². The third-order valence-corrected chi connectivity index (χ3v) is 3.05. The molecular weight excluding hydrogens is 236 g/mol. The van der Waals surface area contributed by atoms with E-state index in [2.05, 4.69) is 10.6 Å². The smallest absolute Gasteiger partial charge is 0.230 e. The summed E-state index contributed by atoms with van der Waals surface area (Å²) in [4.78, 5) is 12.1. The molecule has 3 nitrogen and oxygen atoms in total. The van der Waals surface area contributed by atoms with Gasteiger partial charge in [0.25, 0.3) is 0 Å². The van der Waals surface area contributed by atoms with Crippen molar-refractivity contribution >= 4 is 17.5 Å². The Hall–Kier alpha value is -1.06. The molecule has 0 aliphatic carbocycles. The Morgan fingerprint density at radius 2 is 1.82 bits per heavy atom. The first-order valence-corrected chi connectivity index (χ1v) is 6.05. The Labute approximate surface area is 108 Å². The lowest BCUT2D eigenvalue weighted by molar-refractivity contribution is -0.125. The number of hydrogen-bond donors (Lipinski definition) is 2. The molecule has 1 aromatic carbocycles. The van der Waals surface area contributed by atoms with E-state index in [9.17, 15) is 4.79 Å². The Morgan fingerprint density at radius 1 is 1.24 bits per heavy atom. The van der Waals surface area contributed by atoms with Gasteiger partial charge in [-0.3, -0.25) is 4.79 Å². The molecular formula is C13H19ClN2O. The average molecular weight is 255 g/mol. The van der Waals surface area contributed by atoms with Crippen molar-refractivity contribution in [2.75, 3.05) is 20.1 Å². The standard InChI is InChI=1S/C13H19ClN2O/c1-13(2,12(17)16-9-8-15-3)10-4-6-11(14)7-5-10/h4-7,15H,8-9H2,1-3H3,(H,16,17). The van der Waals surface area contributed by atoms with E-state index in [0.717, 1.165) is 12.1 Å². The Balaban J connectivity index is 2.72. The van der Waals surface area contributed by atoms with E-state index >= 15 is 0 Å². The quantitative estimate of drug-likeness (QED) is 0.789. The second-order valence-corrected chi connectivity index (χ2v) is 4.93. The molecule has 0 atom stereocenters. The molecule has 0 bridgehead atoms. The topological polar surface area (TPSA) is 41.1 Å². The lowest BCUT2D eigenvalue weighted by Gasteiger charge is -2.24. The van der Waals surface area contributed by atoms with E-state index in [1.165, 1.54) is 0 Å². The maximum atomic E-state index is 12.1. The minimum atomic E-state index is -0.543. The predicted molar refractivity (Wildman–Crippen MR) is 71.4 cm³/mol. The first-order chi connectivity index (χ1) is 7.98. The van der Waals surface area contributed by atoms with Gasteiger partial charge >= 0.3 is 0 Å². The first-order valence-electron chi connectivity index (χ1n) is 5.67. The highest BCUT2D eigenvalue weighted by atomic mass is 35.5. The van der Waals surface area contributed by atoms with Crippen LogP contribution in [0.5, 0.6) is 0 Å². The van der Waals surface area contributed by atoms with Gasteiger partial charge in [0.15, 0.2) is 0 Å². The van der Waals surface area contributed by atoms with Crippen molar-refractivity contribution < 1.29 is 4.79 Å². The highest BCUT2D eigenvalue weighted by Crippen LogP contribution is 2.24. The molecule has 0 saturated heterocycles. The summed E-state index contributed by atoms with van der Waals surface area (Å²) in [5, 5.41) is 6.57. The second-order valence-electron chi connectivity index (χ2n) is 4.49. The number of likely N-dealkylation sites (N-methyl/N-ethyl adjacent to an activating group) is 1. The Kier molecular flexibility index (Phi) is 4.97. The summed E-state index contributed by atoms with van der Waals surface area (Å²) in [6, 6.07) is 7.39. The molecule has 0 radical (unpaired) electrons. The van der Waals surface area contributed by atoms with Crippen LogP contribution in [0.3, 0.4) is 0 Å². The van der Waals surface area contributed by atoms with Gasteiger partial charge in [0, 0.05) is 18.1 Å². The molecule has 0 spiro atoms. The molecule has 1 amide bonds. The van der Waals surface area contributed by atoms with Crippen LogP contribution >= 0.6 is 11.6 Å². The zero-order chi connectivity index (χ0) is 12.9. The molecule has 0 saturated carbocycles. The SMILES string of the molecule is CNCCNC(=O)C(C)(C)c1ccc(Cl)cc1. The molecule has 1 aromatic rings. The van der Waals surface area contributed by atoms with Gasteiger partial charge in [0.2, 0.25) is 5.91 Å². The van der Waals surface area contributed by atoms with Gasteiger partial charge in [-0.15, -0.1) is 0 Å². The lowest BCUT2D eigenvalue weighted by Crippen LogP contribution is -2.42. The second kappa shape index (κ2) is 6.03. The van der Waals surface area contributed by atoms with Gasteiger partial charge in [0.05, 0.1) is 5.41 Å². The zero-order valence-corrected chi connectivity index (χ0v) is 11.3. The molecule has 1 rings (SSSR count). The molecule has 0 unspecified atom stereocenters. The third kappa shape index (κ3) is 3.72. The largest absolute Gasteiger partial charge is 0.354 e. The van der Waals surface area contributed by atoms with Crippen LogP contribution in [-0.2, 0) is 10.2 Å². The van der Waals surface area contributed by atoms with E-state index < -0.39 is 5.41 Å². The maximum absolute atomic E-state index is 12.1. The fraction of sp³-hybridized carbons (Fsp3) is 0.462. The monoisotopic (exact) mass is 254 g/mol. The average Bonchev–Trinajstić information content (AvgIpc) is 2.29. The zero-order valence-electron chi connectivity index (χ0n) is 10.5. The number of carbonyl (C=O) groups excluding carboxylic acids is 1. The maximum Gasteiger partial charge on any atom is 0.230 e. The molecule has 0 aliphatic heterocycles. The molecule has 0 heterocycles. The minimum absolute atomic E-state index is 0.0232. The van der Waals surface area contributed by atoms with Crippen molar-refractivity contribution in [3.8, 4) is 0 Å². The molecule has 94 valence electrons. The summed E-state index contributed by atoms with van der Waals surface area (Å²) in [7, 11) is 1.86. The van der Waals surface area contributed by atoms with Crippen molar-refractivity contribution in [1.29, 1.82) is 0 Å². The van der Waals surface area contributed by atoms with Gasteiger partial charge in [-0.25, -0.2) is 0 Å². The van der Waals surface area contributed by atoms with Crippen LogP contribution in [-0.4, -0.2) is 26.0 Å². The normalized spacial score (nSPS) is 11.3. The van der Waals surface area contributed by atoms with Gasteiger partial charge in [-0.05, 0) is 38.6 Å². The number of nitrogens with one attached hydrogen (secondary N) is 2. The van der Waals surface area contributed by atoms with Crippen LogP contribution in [0.1, 0.15) is 19.4 Å². The Bertz CT molecular complexity index is 374. The lowest BCUT2D eigenvalue weighted by atomic mass is 9.84.